The van der Waals surface area contributed by atoms with E-state index in [-0.39, 0.29) is 11.9 Å². The number of amides is 1. The molecule has 0 aliphatic carbocycles. The van der Waals surface area contributed by atoms with Gasteiger partial charge in [0, 0.05) is 6.20 Å². The Morgan fingerprint density at radius 3 is 2.76 bits per heavy atom. The Kier molecular flexibility index (Phi) is 5.03. The molecule has 0 saturated carbocycles. The highest BCUT2D eigenvalue weighted by Gasteiger charge is 2.16. The first kappa shape index (κ1) is 16.6. The minimum atomic E-state index is -0.218. The number of pyridine rings is 1. The van der Waals surface area contributed by atoms with Crippen molar-refractivity contribution in [3.63, 3.8) is 0 Å². The molecule has 3 rings (SSSR count). The van der Waals surface area contributed by atoms with E-state index < -0.39 is 0 Å². The summed E-state index contributed by atoms with van der Waals surface area (Å²) in [5, 5.41) is 7.06. The highest BCUT2D eigenvalue weighted by molar-refractivity contribution is 5.96. The molecule has 0 radical (unpaired) electrons. The van der Waals surface area contributed by atoms with Gasteiger partial charge in [-0.1, -0.05) is 12.1 Å². The van der Waals surface area contributed by atoms with Crippen molar-refractivity contribution in [2.45, 2.75) is 19.9 Å². The zero-order chi connectivity index (χ0) is 17.6. The van der Waals surface area contributed by atoms with Crippen LogP contribution in [0.25, 0.3) is 5.69 Å². The first-order chi connectivity index (χ1) is 12.2. The smallest absolute Gasteiger partial charge is 0.257 e. The fourth-order valence-electron chi connectivity index (χ4n) is 2.43. The van der Waals surface area contributed by atoms with Gasteiger partial charge >= 0.3 is 0 Å². The standard InChI is InChI=1S/C18H19N5O2/c1-3-25-18-16(5-4-10-20-18)17(24)22-13(2)14-6-8-15(9-7-14)23-12-19-11-21-23/h4-13H,3H2,1-2H3,(H,22,24)/t13-/m0/s1. The minimum Gasteiger partial charge on any atom is -0.477 e. The van der Waals surface area contributed by atoms with Crippen LogP contribution in [-0.4, -0.2) is 32.3 Å². The number of rotatable bonds is 6. The molecule has 2 heterocycles. The van der Waals surface area contributed by atoms with Gasteiger partial charge in [-0.3, -0.25) is 4.79 Å². The molecule has 0 spiro atoms. The zero-order valence-corrected chi connectivity index (χ0v) is 14.1. The van der Waals surface area contributed by atoms with Crippen molar-refractivity contribution in [1.82, 2.24) is 25.1 Å². The Morgan fingerprint density at radius 2 is 2.08 bits per heavy atom. The molecular formula is C18H19N5O2. The van der Waals surface area contributed by atoms with Crippen molar-refractivity contribution in [2.24, 2.45) is 0 Å². The number of aromatic nitrogens is 4. The quantitative estimate of drug-likeness (QED) is 0.747. The third-order valence-corrected chi connectivity index (χ3v) is 3.72. The maximum absolute atomic E-state index is 12.5. The molecule has 7 nitrogen and oxygen atoms in total. The third kappa shape index (κ3) is 3.82. The van der Waals surface area contributed by atoms with Crippen LogP contribution in [-0.2, 0) is 0 Å². The molecule has 1 amide bonds. The number of hydrogen-bond acceptors (Lipinski definition) is 5. The largest absolute Gasteiger partial charge is 0.477 e. The Bertz CT molecular complexity index is 831. The van der Waals surface area contributed by atoms with Crippen LogP contribution in [0.5, 0.6) is 5.88 Å². The van der Waals surface area contributed by atoms with E-state index in [2.05, 4.69) is 20.4 Å². The molecule has 25 heavy (non-hydrogen) atoms. The van der Waals surface area contributed by atoms with E-state index in [1.807, 2.05) is 38.1 Å². The summed E-state index contributed by atoms with van der Waals surface area (Å²) in [6, 6.07) is 11.0. The van der Waals surface area contributed by atoms with Gasteiger partial charge in [-0.25, -0.2) is 14.6 Å². The third-order valence-electron chi connectivity index (χ3n) is 3.72. The van der Waals surface area contributed by atoms with E-state index in [1.54, 1.807) is 29.3 Å². The molecule has 0 aliphatic rings. The summed E-state index contributed by atoms with van der Waals surface area (Å²) in [6.07, 6.45) is 4.73. The lowest BCUT2D eigenvalue weighted by atomic mass is 10.1. The molecular weight excluding hydrogens is 318 g/mol. The zero-order valence-electron chi connectivity index (χ0n) is 14.1. The van der Waals surface area contributed by atoms with E-state index in [0.717, 1.165) is 11.3 Å². The minimum absolute atomic E-state index is 0.160. The lowest BCUT2D eigenvalue weighted by Gasteiger charge is -2.16. The number of nitrogens with one attached hydrogen (secondary N) is 1. The SMILES string of the molecule is CCOc1ncccc1C(=O)N[C@@H](C)c1ccc(-n2cncn2)cc1. The Labute approximate surface area is 145 Å². The molecule has 3 aromatic rings. The van der Waals surface area contributed by atoms with Crippen LogP contribution in [0.2, 0.25) is 0 Å². The monoisotopic (exact) mass is 337 g/mol. The van der Waals surface area contributed by atoms with Gasteiger partial charge in [0.05, 0.1) is 18.3 Å². The lowest BCUT2D eigenvalue weighted by Crippen LogP contribution is -2.27. The van der Waals surface area contributed by atoms with Crippen LogP contribution in [0.3, 0.4) is 0 Å². The van der Waals surface area contributed by atoms with Gasteiger partial charge < -0.3 is 10.1 Å². The molecule has 2 aromatic heterocycles. The fraction of sp³-hybridized carbons (Fsp3) is 0.222. The maximum Gasteiger partial charge on any atom is 0.257 e. The van der Waals surface area contributed by atoms with Crippen molar-refractivity contribution in [3.05, 3.63) is 66.4 Å². The van der Waals surface area contributed by atoms with Crippen molar-refractivity contribution in [2.75, 3.05) is 6.61 Å². The number of carbonyl (C=O) groups excluding carboxylic acids is 1. The Hall–Kier alpha value is -3.22. The van der Waals surface area contributed by atoms with E-state index in [0.29, 0.717) is 18.1 Å². The predicted molar refractivity (Wildman–Crippen MR) is 92.6 cm³/mol. The van der Waals surface area contributed by atoms with E-state index in [4.69, 9.17) is 4.74 Å². The molecule has 128 valence electrons. The van der Waals surface area contributed by atoms with Gasteiger partial charge in [0.2, 0.25) is 5.88 Å². The molecule has 0 aliphatic heterocycles. The second-order valence-electron chi connectivity index (χ2n) is 5.42. The van der Waals surface area contributed by atoms with Crippen molar-refractivity contribution in [1.29, 1.82) is 0 Å². The highest BCUT2D eigenvalue weighted by atomic mass is 16.5. The van der Waals surface area contributed by atoms with Crippen LogP contribution in [0, 0.1) is 0 Å². The van der Waals surface area contributed by atoms with Gasteiger partial charge in [-0.15, -0.1) is 0 Å². The summed E-state index contributed by atoms with van der Waals surface area (Å²) in [5.41, 5.74) is 2.32. The molecule has 1 atom stereocenters. The van der Waals surface area contributed by atoms with Gasteiger partial charge in [-0.05, 0) is 43.7 Å². The number of benzene rings is 1. The van der Waals surface area contributed by atoms with Crippen LogP contribution in [0.15, 0.2) is 55.2 Å². The van der Waals surface area contributed by atoms with E-state index >= 15 is 0 Å². The predicted octanol–water partition coefficient (Wildman–Crippen LogP) is 2.55. The maximum atomic E-state index is 12.5. The normalized spacial score (nSPS) is 11.8. The molecule has 1 aromatic carbocycles. The first-order valence-corrected chi connectivity index (χ1v) is 8.02. The summed E-state index contributed by atoms with van der Waals surface area (Å²) in [6.45, 7) is 4.24. The van der Waals surface area contributed by atoms with Crippen LogP contribution in [0.4, 0.5) is 0 Å². The van der Waals surface area contributed by atoms with Gasteiger partial charge in [0.25, 0.3) is 5.91 Å². The summed E-state index contributed by atoms with van der Waals surface area (Å²) in [4.78, 5) is 20.6. The molecule has 7 heteroatoms. The summed E-state index contributed by atoms with van der Waals surface area (Å²) in [5.74, 6) is 0.126. The number of ether oxygens (including phenoxy) is 1. The average molecular weight is 337 g/mol. The van der Waals surface area contributed by atoms with Crippen LogP contribution >= 0.6 is 0 Å². The van der Waals surface area contributed by atoms with E-state index in [9.17, 15) is 4.79 Å². The average Bonchev–Trinajstić information content (AvgIpc) is 3.17. The number of nitrogens with zero attached hydrogens (tertiary/aromatic N) is 4. The van der Waals surface area contributed by atoms with Crippen molar-refractivity contribution in [3.8, 4) is 11.6 Å². The number of carbonyl (C=O) groups is 1. The van der Waals surface area contributed by atoms with Gasteiger partial charge in [0.15, 0.2) is 0 Å². The summed E-state index contributed by atoms with van der Waals surface area (Å²) >= 11 is 0. The summed E-state index contributed by atoms with van der Waals surface area (Å²) < 4.78 is 7.09. The lowest BCUT2D eigenvalue weighted by molar-refractivity contribution is 0.0935. The fourth-order valence-corrected chi connectivity index (χ4v) is 2.43. The first-order valence-electron chi connectivity index (χ1n) is 8.02. The van der Waals surface area contributed by atoms with Gasteiger partial charge in [-0.2, -0.15) is 5.10 Å². The number of hydrogen-bond donors (Lipinski definition) is 1. The van der Waals surface area contributed by atoms with Crippen LogP contribution < -0.4 is 10.1 Å². The Morgan fingerprint density at radius 1 is 1.28 bits per heavy atom. The second-order valence-corrected chi connectivity index (χ2v) is 5.42. The topological polar surface area (TPSA) is 81.9 Å². The molecule has 0 saturated heterocycles. The van der Waals surface area contributed by atoms with Gasteiger partial charge in [0.1, 0.15) is 18.2 Å². The van der Waals surface area contributed by atoms with Crippen molar-refractivity contribution < 1.29 is 9.53 Å². The van der Waals surface area contributed by atoms with Crippen LogP contribution in [0.1, 0.15) is 35.8 Å². The molecule has 0 fully saturated rings. The van der Waals surface area contributed by atoms with E-state index in [1.165, 1.54) is 6.33 Å². The molecule has 0 unspecified atom stereocenters. The molecule has 1 N–H and O–H groups in total. The highest BCUT2D eigenvalue weighted by Crippen LogP contribution is 2.18. The molecule has 0 bridgehead atoms. The second kappa shape index (κ2) is 7.57. The summed E-state index contributed by atoms with van der Waals surface area (Å²) in [7, 11) is 0. The van der Waals surface area contributed by atoms with Crippen molar-refractivity contribution >= 4 is 5.91 Å². The Balaban J connectivity index is 1.71.